The third kappa shape index (κ3) is 1.24. The maximum atomic E-state index is 4.59. The van der Waals surface area contributed by atoms with Gasteiger partial charge in [0.15, 0.2) is 0 Å². The van der Waals surface area contributed by atoms with Crippen molar-refractivity contribution < 1.29 is 0 Å². The number of nitrogens with one attached hydrogen (secondary N) is 1. The van der Waals surface area contributed by atoms with E-state index in [0.29, 0.717) is 0 Å². The average Bonchev–Trinajstić information content (AvgIpc) is 2.97. The highest BCUT2D eigenvalue weighted by Crippen LogP contribution is 2.46. The Morgan fingerprint density at radius 1 is 1.41 bits per heavy atom. The van der Waals surface area contributed by atoms with E-state index in [1.165, 1.54) is 53.4 Å². The first-order valence-electron chi connectivity index (χ1n) is 6.22. The van der Waals surface area contributed by atoms with E-state index in [4.69, 9.17) is 0 Å². The van der Waals surface area contributed by atoms with Gasteiger partial charge in [-0.15, -0.1) is 11.3 Å². The Balaban J connectivity index is 1.92. The van der Waals surface area contributed by atoms with Crippen molar-refractivity contribution >= 4 is 17.0 Å². The first-order valence-corrected chi connectivity index (χ1v) is 7.10. The molecule has 0 amide bonds. The molecule has 1 N–H and O–H groups in total. The molecule has 1 saturated heterocycles. The molecule has 3 aliphatic heterocycles. The summed E-state index contributed by atoms with van der Waals surface area (Å²) >= 11 is 1.80. The fourth-order valence-electron chi connectivity index (χ4n) is 3.12. The zero-order valence-corrected chi connectivity index (χ0v) is 10.7. The summed E-state index contributed by atoms with van der Waals surface area (Å²) in [5.74, 6) is 0.719. The van der Waals surface area contributed by atoms with Gasteiger partial charge in [-0.2, -0.15) is 5.10 Å². The standard InChI is InChI=1S/C13H15N3S/c1-8-4-7-17-13(8)11-12-10(14-15-11)9-2-5-16(12)6-3-9/h4,7,9H,2-3,5-6H2,1H3,(H,14,15). The molecular formula is C13H15N3S. The molecule has 0 aromatic carbocycles. The highest BCUT2D eigenvalue weighted by molar-refractivity contribution is 7.13. The van der Waals surface area contributed by atoms with Gasteiger partial charge in [0, 0.05) is 19.0 Å². The lowest BCUT2D eigenvalue weighted by molar-refractivity contribution is 0.466. The first kappa shape index (κ1) is 9.71. The van der Waals surface area contributed by atoms with Gasteiger partial charge in [0.05, 0.1) is 16.3 Å². The van der Waals surface area contributed by atoms with Crippen molar-refractivity contribution in [2.24, 2.45) is 0 Å². The highest BCUT2D eigenvalue weighted by Gasteiger charge is 2.35. The Labute approximate surface area is 104 Å². The molecular weight excluding hydrogens is 230 g/mol. The third-order valence-corrected chi connectivity index (χ3v) is 5.09. The van der Waals surface area contributed by atoms with Crippen LogP contribution < -0.4 is 4.90 Å². The normalized spacial score (nSPS) is 18.8. The van der Waals surface area contributed by atoms with E-state index in [2.05, 4.69) is 33.5 Å². The van der Waals surface area contributed by atoms with E-state index in [9.17, 15) is 0 Å². The van der Waals surface area contributed by atoms with Crippen LogP contribution in [0.25, 0.3) is 10.6 Å². The number of thiophene rings is 1. The Kier molecular flexibility index (Phi) is 1.92. The van der Waals surface area contributed by atoms with Gasteiger partial charge >= 0.3 is 0 Å². The van der Waals surface area contributed by atoms with Crippen molar-refractivity contribution in [1.82, 2.24) is 10.2 Å². The summed E-state index contributed by atoms with van der Waals surface area (Å²) in [4.78, 5) is 3.84. The fraction of sp³-hybridized carbons (Fsp3) is 0.462. The second kappa shape index (κ2) is 3.35. The second-order valence-electron chi connectivity index (χ2n) is 5.03. The van der Waals surface area contributed by atoms with Gasteiger partial charge in [0.25, 0.3) is 0 Å². The van der Waals surface area contributed by atoms with Crippen molar-refractivity contribution in [1.29, 1.82) is 0 Å². The van der Waals surface area contributed by atoms with Crippen LogP contribution in [0.1, 0.15) is 30.0 Å². The molecule has 3 nitrogen and oxygen atoms in total. The zero-order chi connectivity index (χ0) is 11.4. The van der Waals surface area contributed by atoms with Gasteiger partial charge < -0.3 is 4.90 Å². The van der Waals surface area contributed by atoms with Gasteiger partial charge in [-0.1, -0.05) is 0 Å². The summed E-state index contributed by atoms with van der Waals surface area (Å²) in [5, 5.41) is 10.0. The zero-order valence-electron chi connectivity index (χ0n) is 9.86. The van der Waals surface area contributed by atoms with E-state index in [0.717, 1.165) is 5.92 Å². The minimum atomic E-state index is 0.719. The Hall–Kier alpha value is -1.29. The number of aromatic nitrogens is 2. The Morgan fingerprint density at radius 2 is 2.24 bits per heavy atom. The summed E-state index contributed by atoms with van der Waals surface area (Å²) in [7, 11) is 0. The van der Waals surface area contributed by atoms with Gasteiger partial charge in [-0.3, -0.25) is 5.10 Å². The molecule has 0 unspecified atom stereocenters. The lowest BCUT2D eigenvalue weighted by atomic mass is 9.87. The predicted octanol–water partition coefficient (Wildman–Crippen LogP) is 3.14. The molecule has 5 heterocycles. The first-order chi connectivity index (χ1) is 8.34. The molecule has 17 heavy (non-hydrogen) atoms. The van der Waals surface area contributed by atoms with E-state index in [-0.39, 0.29) is 0 Å². The SMILES string of the molecule is Cc1ccsc1-c1n[nH]c2c1N1CCC2CC1. The van der Waals surface area contributed by atoms with Gasteiger partial charge in [0.1, 0.15) is 5.69 Å². The lowest BCUT2D eigenvalue weighted by Gasteiger charge is -2.40. The van der Waals surface area contributed by atoms with Gasteiger partial charge in [-0.25, -0.2) is 0 Å². The highest BCUT2D eigenvalue weighted by atomic mass is 32.1. The molecule has 1 fully saturated rings. The van der Waals surface area contributed by atoms with Crippen LogP contribution in [0.2, 0.25) is 0 Å². The molecule has 2 aromatic heterocycles. The Bertz CT molecular complexity index is 561. The number of hydrogen-bond donors (Lipinski definition) is 1. The lowest BCUT2D eigenvalue weighted by Crippen LogP contribution is -2.38. The van der Waals surface area contributed by atoms with E-state index in [1.54, 1.807) is 11.3 Å². The third-order valence-electron chi connectivity index (χ3n) is 4.06. The molecule has 5 rings (SSSR count). The van der Waals surface area contributed by atoms with Crippen LogP contribution in [0.15, 0.2) is 11.4 Å². The number of hydrogen-bond acceptors (Lipinski definition) is 3. The van der Waals surface area contributed by atoms with Crippen LogP contribution in [0.4, 0.5) is 5.69 Å². The molecule has 2 bridgehead atoms. The van der Waals surface area contributed by atoms with Crippen LogP contribution in [0.3, 0.4) is 0 Å². The summed E-state index contributed by atoms with van der Waals surface area (Å²) in [5.41, 5.74) is 5.28. The van der Waals surface area contributed by atoms with Crippen LogP contribution in [0.5, 0.6) is 0 Å². The predicted molar refractivity (Wildman–Crippen MR) is 70.8 cm³/mol. The van der Waals surface area contributed by atoms with Crippen molar-refractivity contribution in [3.63, 3.8) is 0 Å². The molecule has 0 spiro atoms. The second-order valence-corrected chi connectivity index (χ2v) is 5.94. The van der Waals surface area contributed by atoms with Crippen LogP contribution >= 0.6 is 11.3 Å². The number of piperidine rings is 1. The number of aromatic amines is 1. The van der Waals surface area contributed by atoms with Crippen molar-refractivity contribution in [2.45, 2.75) is 25.7 Å². The van der Waals surface area contributed by atoms with Crippen molar-refractivity contribution in [2.75, 3.05) is 18.0 Å². The maximum absolute atomic E-state index is 4.59. The number of H-pyrrole nitrogens is 1. The van der Waals surface area contributed by atoms with Crippen molar-refractivity contribution in [3.05, 3.63) is 22.7 Å². The number of rotatable bonds is 1. The van der Waals surface area contributed by atoms with Crippen LogP contribution in [-0.4, -0.2) is 23.3 Å². The molecule has 0 saturated carbocycles. The van der Waals surface area contributed by atoms with E-state index >= 15 is 0 Å². The molecule has 2 aromatic rings. The number of anilines is 1. The molecule has 4 heteroatoms. The molecule has 3 aliphatic rings. The monoisotopic (exact) mass is 245 g/mol. The maximum Gasteiger partial charge on any atom is 0.126 e. The van der Waals surface area contributed by atoms with Crippen LogP contribution in [-0.2, 0) is 0 Å². The van der Waals surface area contributed by atoms with Crippen LogP contribution in [0, 0.1) is 6.92 Å². The minimum Gasteiger partial charge on any atom is -0.368 e. The topological polar surface area (TPSA) is 31.9 Å². The number of nitrogens with zero attached hydrogens (tertiary/aromatic N) is 2. The van der Waals surface area contributed by atoms with Crippen molar-refractivity contribution in [3.8, 4) is 10.6 Å². The summed E-state index contributed by atoms with van der Waals surface area (Å²) in [6, 6.07) is 2.18. The van der Waals surface area contributed by atoms with E-state index in [1.807, 2.05) is 0 Å². The molecule has 0 aliphatic carbocycles. The van der Waals surface area contributed by atoms with Gasteiger partial charge in [-0.05, 0) is 36.8 Å². The molecule has 0 radical (unpaired) electrons. The van der Waals surface area contributed by atoms with E-state index < -0.39 is 0 Å². The molecule has 88 valence electrons. The smallest absolute Gasteiger partial charge is 0.126 e. The fourth-order valence-corrected chi connectivity index (χ4v) is 4.04. The Morgan fingerprint density at radius 3 is 2.94 bits per heavy atom. The largest absolute Gasteiger partial charge is 0.368 e. The van der Waals surface area contributed by atoms with Gasteiger partial charge in [0.2, 0.25) is 0 Å². The average molecular weight is 245 g/mol. The quantitative estimate of drug-likeness (QED) is 0.837. The summed E-state index contributed by atoms with van der Waals surface area (Å²) in [6.07, 6.45) is 2.58. The summed E-state index contributed by atoms with van der Waals surface area (Å²) < 4.78 is 0. The summed E-state index contributed by atoms with van der Waals surface area (Å²) in [6.45, 7) is 4.58. The number of aryl methyl sites for hydroxylation is 1. The number of fused-ring (bicyclic) bond motifs is 2. The minimum absolute atomic E-state index is 0.719. The molecule has 0 atom stereocenters.